The van der Waals surface area contributed by atoms with Crippen molar-refractivity contribution in [1.82, 2.24) is 21.3 Å². The van der Waals surface area contributed by atoms with Crippen molar-refractivity contribution in [3.05, 3.63) is 35.9 Å². The fraction of sp³-hybridized carbons (Fsp3) is 0.714. The molecule has 0 aliphatic heterocycles. The van der Waals surface area contributed by atoms with Gasteiger partial charge >= 0.3 is 0 Å². The van der Waals surface area contributed by atoms with Gasteiger partial charge in [0, 0.05) is 148 Å². The number of Topliss-reactive ketones (excluding diaryl/α,β-unsaturated/α-hetero) is 1. The van der Waals surface area contributed by atoms with Crippen molar-refractivity contribution < 1.29 is 133 Å². The number of carbonyl (C=O) groups excluding carboxylic acids is 7. The summed E-state index contributed by atoms with van der Waals surface area (Å²) in [7, 11) is 10.6. The van der Waals surface area contributed by atoms with Crippen LogP contribution in [0.1, 0.15) is 241 Å². The van der Waals surface area contributed by atoms with E-state index < -0.39 is 17.5 Å². The zero-order chi connectivity index (χ0) is 49.0. The Morgan fingerprint density at radius 2 is 0.558 bits per heavy atom. The van der Waals surface area contributed by atoms with Gasteiger partial charge in [0.25, 0.3) is 24.9 Å². The predicted octanol–water partition coefficient (Wildman–Crippen LogP) is 16.2. The van der Waals surface area contributed by atoms with Gasteiger partial charge in [-0.1, -0.05) is 218 Å². The molecule has 77 heavy (non-hydrogen) atoms. The number of carboxylic acids is 2. The number of aliphatic carboxylic acids is 2. The van der Waals surface area contributed by atoms with Gasteiger partial charge in [-0.15, -0.1) is 0 Å². The van der Waals surface area contributed by atoms with E-state index in [1.807, 2.05) is 59.7 Å². The fourth-order valence-corrected chi connectivity index (χ4v) is 1.03. The minimum Gasteiger partial charge on any atom is -0.481 e. The second-order valence-electron chi connectivity index (χ2n) is 8.34. The molecule has 0 aliphatic carbocycles. The van der Waals surface area contributed by atoms with Crippen LogP contribution in [0.4, 0.5) is 0 Å². The molecule has 21 heteroatoms. The molecular formula is C56H150N4O14SY2. The van der Waals surface area contributed by atoms with E-state index in [0.29, 0.717) is 18.5 Å². The number of amides is 4. The molecule has 490 valence electrons. The van der Waals surface area contributed by atoms with Crippen LogP contribution in [-0.4, -0.2) is 125 Å². The van der Waals surface area contributed by atoms with E-state index in [1.165, 1.54) is 41.9 Å². The number of carboxylic acid groups (broad SMARTS) is 2. The van der Waals surface area contributed by atoms with E-state index in [1.54, 1.807) is 61.3 Å². The first kappa shape index (κ1) is 224. The molecular weight excluding hydrogens is 1160 g/mol. The molecule has 0 atom stereocenters. The number of ether oxygens (including phenoxy) is 3. The Morgan fingerprint density at radius 1 is 0.442 bits per heavy atom. The molecule has 0 bridgehead atoms. The van der Waals surface area contributed by atoms with Gasteiger partial charge in [0.2, 0.25) is 23.6 Å². The van der Waals surface area contributed by atoms with Gasteiger partial charge in [0.1, 0.15) is 5.60 Å². The SMILES string of the molecule is C.C.C.C.C.C.C.C.C.C.C.C.C.C.C.C.C.C.C=S.CC.CC.CC.CC(=O)O.CC(=O)O.CNC(C)=O.CNC(C)=O.CNC(C)=O.CNC(C)=O.COC(C)(C)C(=O)c1ccccc1.COC=O.COC=O.[Y].[Y]. The average Bonchev–Trinajstić information content (AvgIpc) is 3.21. The maximum absolute atomic E-state index is 11.8. The van der Waals surface area contributed by atoms with Gasteiger partial charge in [0.05, 0.1) is 14.2 Å². The number of rotatable bonds is 5. The van der Waals surface area contributed by atoms with Gasteiger partial charge in [0.15, 0.2) is 5.78 Å². The summed E-state index contributed by atoms with van der Waals surface area (Å²) in [6, 6.07) is 9.17. The summed E-state index contributed by atoms with van der Waals surface area (Å²) in [6.07, 6.45) is 0. The van der Waals surface area contributed by atoms with Gasteiger partial charge in [-0.3, -0.25) is 43.2 Å². The summed E-state index contributed by atoms with van der Waals surface area (Å²) in [6.45, 7) is 24.3. The van der Waals surface area contributed by atoms with Crippen LogP contribution < -0.4 is 21.3 Å². The molecule has 6 N–H and O–H groups in total. The third-order valence-corrected chi connectivity index (χ3v) is 3.69. The number of ketones is 1. The molecule has 0 spiro atoms. The first-order valence-corrected chi connectivity index (χ1v) is 17.5. The van der Waals surface area contributed by atoms with Crippen molar-refractivity contribution in [1.29, 1.82) is 0 Å². The number of nitrogens with one attached hydrogen (secondary N) is 4. The Labute approximate surface area is 544 Å². The zero-order valence-electron chi connectivity index (χ0n) is 39.6. The topological polar surface area (TPSA) is 270 Å². The summed E-state index contributed by atoms with van der Waals surface area (Å²) in [4.78, 5) is 86.5. The minimum atomic E-state index is -0.833. The van der Waals surface area contributed by atoms with Crippen LogP contribution in [-0.2, 0) is 118 Å². The normalized spacial score (nSPS) is 5.16. The molecule has 0 unspecified atom stereocenters. The van der Waals surface area contributed by atoms with Crippen LogP contribution in [0.25, 0.3) is 0 Å². The number of benzene rings is 1. The standard InChI is InChI=1S/C11H14O2.4C3H7NO.4C2H4O2.3C2H6.CH2S.18CH4.2Y/c1-11(2,13-3)10(12)9-7-5-4-6-8-9;4*1-3(5)4-2;2*1-4-2-3;2*1-2(3)4;4*1-2;;;;;;;;;;;;;;;;;;;;/h4-8H,1-3H3;4*1-2H3,(H,4,5);2*2H,1H3;2*1H3,(H,3,4);3*1-2H3;1H2;18*1H4;;. The Hall–Kier alpha value is -3.09. The molecule has 4 amide bonds. The number of carbonyl (C=O) groups is 9. The van der Waals surface area contributed by atoms with E-state index in [4.69, 9.17) is 34.1 Å². The van der Waals surface area contributed by atoms with Crippen LogP contribution in [0, 0.1) is 0 Å². The molecule has 0 heterocycles. The van der Waals surface area contributed by atoms with Crippen LogP contribution >= 0.6 is 12.2 Å². The Balaban J connectivity index is -0.00000000965. The molecule has 0 fully saturated rings. The van der Waals surface area contributed by atoms with Crippen molar-refractivity contribution in [3.8, 4) is 0 Å². The summed E-state index contributed by atoms with van der Waals surface area (Å²) in [5.74, 6) is 1.20. The Morgan fingerprint density at radius 3 is 0.636 bits per heavy atom. The molecule has 1 aromatic rings. The zero-order valence-corrected chi connectivity index (χ0v) is 46.1. The Bertz CT molecular complexity index is 969. The fourth-order valence-electron chi connectivity index (χ4n) is 1.03. The number of methoxy groups -OCH3 is 3. The summed E-state index contributed by atoms with van der Waals surface area (Å²) in [5.41, 5.74) is -0.0456. The summed E-state index contributed by atoms with van der Waals surface area (Å²) < 4.78 is 12.8. The van der Waals surface area contributed by atoms with E-state index in [2.05, 4.69) is 48.8 Å². The third kappa shape index (κ3) is 471. The Kier molecular flexibility index (Phi) is 654. The molecule has 0 saturated heterocycles. The second-order valence-corrected chi connectivity index (χ2v) is 8.34. The molecule has 1 rings (SSSR count). The first-order chi connectivity index (χ1) is 26.4. The maximum Gasteiger partial charge on any atom is 0.300 e. The monoisotopic (exact) mass is 1310 g/mol. The number of thiocarbonyl (C=S) groups is 1. The second kappa shape index (κ2) is 225. The van der Waals surface area contributed by atoms with Crippen LogP contribution in [0.2, 0.25) is 0 Å². The van der Waals surface area contributed by atoms with Gasteiger partial charge in [-0.05, 0) is 19.7 Å². The van der Waals surface area contributed by atoms with Crippen molar-refractivity contribution >= 4 is 72.4 Å². The summed E-state index contributed by atoms with van der Waals surface area (Å²) in [5, 5.41) is 24.4. The average molecular weight is 1310 g/mol. The van der Waals surface area contributed by atoms with Gasteiger partial charge < -0.3 is 45.7 Å². The number of hydrogen-bond acceptors (Lipinski definition) is 13. The maximum atomic E-state index is 11.8. The quantitative estimate of drug-likeness (QED) is 0.0909. The van der Waals surface area contributed by atoms with Crippen molar-refractivity contribution in [3.63, 3.8) is 0 Å². The van der Waals surface area contributed by atoms with Crippen LogP contribution in [0.3, 0.4) is 0 Å². The molecule has 18 nitrogen and oxygen atoms in total. The molecule has 1 aromatic carbocycles. The largest absolute Gasteiger partial charge is 0.481 e. The van der Waals surface area contributed by atoms with Crippen LogP contribution in [0.5, 0.6) is 0 Å². The van der Waals surface area contributed by atoms with Crippen molar-refractivity contribution in [2.45, 2.75) is 236 Å². The van der Waals surface area contributed by atoms with E-state index in [9.17, 15) is 24.0 Å². The van der Waals surface area contributed by atoms with E-state index in [0.717, 1.165) is 13.8 Å². The van der Waals surface area contributed by atoms with Gasteiger partial charge in [-0.25, -0.2) is 0 Å². The molecule has 0 aliphatic rings. The molecule has 0 saturated carbocycles. The van der Waals surface area contributed by atoms with Crippen LogP contribution in [0.15, 0.2) is 30.3 Å². The predicted molar refractivity (Wildman–Crippen MR) is 354 cm³/mol. The first-order valence-electron chi connectivity index (χ1n) is 16.9. The van der Waals surface area contributed by atoms with E-state index in [-0.39, 0.29) is 229 Å². The van der Waals surface area contributed by atoms with Crippen molar-refractivity contribution in [2.24, 2.45) is 0 Å². The minimum absolute atomic E-state index is 0. The molecule has 2 radical (unpaired) electrons. The molecule has 0 aromatic heterocycles. The van der Waals surface area contributed by atoms with Gasteiger partial charge in [-0.2, -0.15) is 0 Å². The smallest absolute Gasteiger partial charge is 0.300 e. The van der Waals surface area contributed by atoms with E-state index >= 15 is 0 Å². The van der Waals surface area contributed by atoms with Crippen molar-refractivity contribution in [2.75, 3.05) is 49.5 Å². The number of hydrogen-bond donors (Lipinski definition) is 6. The third-order valence-electron chi connectivity index (χ3n) is 3.69. The summed E-state index contributed by atoms with van der Waals surface area (Å²) >= 11 is 3.83.